The molecule has 3 aromatic rings. The number of amides is 1. The Labute approximate surface area is 174 Å². The van der Waals surface area contributed by atoms with Crippen molar-refractivity contribution >= 4 is 39.9 Å². The summed E-state index contributed by atoms with van der Waals surface area (Å²) in [6.45, 7) is 5.16. The van der Waals surface area contributed by atoms with Gasteiger partial charge in [0.2, 0.25) is 0 Å². The number of nitrogens with one attached hydrogen (secondary N) is 1. The maximum atomic E-state index is 12.1. The fourth-order valence-corrected chi connectivity index (χ4v) is 3.47. The average molecular weight is 412 g/mol. The van der Waals surface area contributed by atoms with Crippen LogP contribution in [0.25, 0.3) is 10.8 Å². The summed E-state index contributed by atoms with van der Waals surface area (Å²) in [5, 5.41) is 5.04. The number of anilines is 1. The number of aryl methyl sites for hydroxylation is 3. The van der Waals surface area contributed by atoms with E-state index in [0.717, 1.165) is 33.2 Å². The van der Waals surface area contributed by atoms with Crippen molar-refractivity contribution in [3.05, 3.63) is 70.2 Å². The zero-order chi connectivity index (χ0) is 21.0. The Balaban J connectivity index is 1.55. The zero-order valence-electron chi connectivity index (χ0n) is 16.5. The summed E-state index contributed by atoms with van der Waals surface area (Å²) in [6.07, 6.45) is 0. The number of fused-ring (bicyclic) bond motifs is 1. The molecule has 0 saturated heterocycles. The Bertz CT molecular complexity index is 1050. The van der Waals surface area contributed by atoms with E-state index in [2.05, 4.69) is 5.32 Å². The number of ether oxygens (including phenoxy) is 2. The third-order valence-corrected chi connectivity index (χ3v) is 4.81. The molecule has 6 heteroatoms. The van der Waals surface area contributed by atoms with Crippen LogP contribution in [-0.4, -0.2) is 25.1 Å². The first kappa shape index (κ1) is 20.7. The highest BCUT2D eigenvalue weighted by Gasteiger charge is 2.13. The van der Waals surface area contributed by atoms with E-state index in [0.29, 0.717) is 10.8 Å². The van der Waals surface area contributed by atoms with Gasteiger partial charge in [0.15, 0.2) is 13.2 Å². The second kappa shape index (κ2) is 8.97. The van der Waals surface area contributed by atoms with Crippen molar-refractivity contribution in [3.63, 3.8) is 0 Å². The van der Waals surface area contributed by atoms with Crippen molar-refractivity contribution in [1.82, 2.24) is 0 Å². The van der Waals surface area contributed by atoms with Gasteiger partial charge in [-0.3, -0.25) is 4.79 Å². The molecule has 0 heterocycles. The van der Waals surface area contributed by atoms with E-state index in [1.807, 2.05) is 57.2 Å². The molecule has 0 aromatic heterocycles. The maximum absolute atomic E-state index is 12.1. The topological polar surface area (TPSA) is 64.6 Å². The van der Waals surface area contributed by atoms with Crippen molar-refractivity contribution in [1.29, 1.82) is 0 Å². The lowest BCUT2D eigenvalue weighted by atomic mass is 10.1. The van der Waals surface area contributed by atoms with E-state index in [-0.39, 0.29) is 13.2 Å². The molecule has 0 aliphatic rings. The number of rotatable bonds is 6. The summed E-state index contributed by atoms with van der Waals surface area (Å²) in [4.78, 5) is 24.2. The van der Waals surface area contributed by atoms with Gasteiger partial charge in [0.05, 0.1) is 0 Å². The first-order valence-corrected chi connectivity index (χ1v) is 9.56. The Hall–Kier alpha value is -3.05. The highest BCUT2D eigenvalue weighted by Crippen LogP contribution is 2.31. The van der Waals surface area contributed by atoms with Crippen LogP contribution in [0.15, 0.2) is 48.5 Å². The van der Waals surface area contributed by atoms with Crippen LogP contribution in [0.4, 0.5) is 5.69 Å². The standard InChI is InChI=1S/C23H22ClNO4/c1-14-10-15(2)23(16(3)11-14)25-21(26)12-29-22(27)13-28-20-9-8-19(24)17-6-4-5-7-18(17)20/h4-11H,12-13H2,1-3H3,(H,25,26). The Morgan fingerprint density at radius 3 is 2.28 bits per heavy atom. The lowest BCUT2D eigenvalue weighted by Crippen LogP contribution is -2.24. The largest absolute Gasteiger partial charge is 0.481 e. The molecule has 0 fully saturated rings. The summed E-state index contributed by atoms with van der Waals surface area (Å²) < 4.78 is 10.6. The van der Waals surface area contributed by atoms with E-state index >= 15 is 0 Å². The molecule has 3 rings (SSSR count). The molecule has 0 radical (unpaired) electrons. The molecule has 150 valence electrons. The average Bonchev–Trinajstić information content (AvgIpc) is 2.69. The molecule has 0 aliphatic heterocycles. The molecule has 0 aliphatic carbocycles. The highest BCUT2D eigenvalue weighted by molar-refractivity contribution is 6.35. The third kappa shape index (κ3) is 5.06. The van der Waals surface area contributed by atoms with E-state index < -0.39 is 11.9 Å². The smallest absolute Gasteiger partial charge is 0.344 e. The first-order chi connectivity index (χ1) is 13.8. The van der Waals surface area contributed by atoms with Gasteiger partial charge in [0, 0.05) is 21.5 Å². The normalized spacial score (nSPS) is 10.6. The van der Waals surface area contributed by atoms with Gasteiger partial charge in [0.1, 0.15) is 5.75 Å². The van der Waals surface area contributed by atoms with Crippen molar-refractivity contribution < 1.29 is 19.1 Å². The van der Waals surface area contributed by atoms with E-state index in [4.69, 9.17) is 21.1 Å². The minimum atomic E-state index is -0.628. The number of benzene rings is 3. The van der Waals surface area contributed by atoms with Gasteiger partial charge in [-0.25, -0.2) is 4.79 Å². The summed E-state index contributed by atoms with van der Waals surface area (Å²) in [5.74, 6) is -0.501. The molecule has 1 amide bonds. The predicted molar refractivity (Wildman–Crippen MR) is 115 cm³/mol. The van der Waals surface area contributed by atoms with Crippen LogP contribution in [0.2, 0.25) is 5.02 Å². The van der Waals surface area contributed by atoms with Crippen LogP contribution in [-0.2, 0) is 14.3 Å². The minimum Gasteiger partial charge on any atom is -0.481 e. The molecule has 0 saturated carbocycles. The SMILES string of the molecule is Cc1cc(C)c(NC(=O)COC(=O)COc2ccc(Cl)c3ccccc23)c(C)c1. The zero-order valence-corrected chi connectivity index (χ0v) is 17.3. The van der Waals surface area contributed by atoms with Gasteiger partial charge in [-0.15, -0.1) is 0 Å². The van der Waals surface area contributed by atoms with Gasteiger partial charge in [-0.2, -0.15) is 0 Å². The van der Waals surface area contributed by atoms with Crippen molar-refractivity contribution in [2.45, 2.75) is 20.8 Å². The number of hydrogen-bond acceptors (Lipinski definition) is 4. The number of halogens is 1. The molecule has 0 spiro atoms. The molecule has 5 nitrogen and oxygen atoms in total. The van der Waals surface area contributed by atoms with Gasteiger partial charge in [-0.05, 0) is 44.0 Å². The van der Waals surface area contributed by atoms with Crippen molar-refractivity contribution in [2.75, 3.05) is 18.5 Å². The molecule has 3 aromatic carbocycles. The van der Waals surface area contributed by atoms with Crippen LogP contribution >= 0.6 is 11.6 Å². The summed E-state index contributed by atoms with van der Waals surface area (Å²) in [7, 11) is 0. The maximum Gasteiger partial charge on any atom is 0.344 e. The Morgan fingerprint density at radius 1 is 0.931 bits per heavy atom. The number of hydrogen-bond donors (Lipinski definition) is 1. The molecule has 1 N–H and O–H groups in total. The van der Waals surface area contributed by atoms with Crippen LogP contribution in [0.1, 0.15) is 16.7 Å². The lowest BCUT2D eigenvalue weighted by molar-refractivity contribution is -0.149. The number of carbonyl (C=O) groups excluding carboxylic acids is 2. The van der Waals surface area contributed by atoms with E-state index in [1.165, 1.54) is 0 Å². The van der Waals surface area contributed by atoms with Crippen LogP contribution in [0.3, 0.4) is 0 Å². The summed E-state index contributed by atoms with van der Waals surface area (Å²) >= 11 is 6.18. The molecule has 0 atom stereocenters. The third-order valence-electron chi connectivity index (χ3n) is 4.48. The monoisotopic (exact) mass is 411 g/mol. The van der Waals surface area contributed by atoms with Crippen molar-refractivity contribution in [2.24, 2.45) is 0 Å². The van der Waals surface area contributed by atoms with Crippen LogP contribution in [0, 0.1) is 20.8 Å². The number of carbonyl (C=O) groups is 2. The van der Waals surface area contributed by atoms with Gasteiger partial charge >= 0.3 is 5.97 Å². The number of esters is 1. The Morgan fingerprint density at radius 2 is 1.59 bits per heavy atom. The van der Waals surface area contributed by atoms with E-state index in [9.17, 15) is 9.59 Å². The van der Waals surface area contributed by atoms with Crippen LogP contribution in [0.5, 0.6) is 5.75 Å². The molecule has 0 bridgehead atoms. The summed E-state index contributed by atoms with van der Waals surface area (Å²) in [6, 6.07) is 14.9. The Kier molecular flexibility index (Phi) is 6.39. The first-order valence-electron chi connectivity index (χ1n) is 9.18. The molecular formula is C23H22ClNO4. The van der Waals surface area contributed by atoms with Crippen LogP contribution < -0.4 is 10.1 Å². The predicted octanol–water partition coefficient (Wildman–Crippen LogP) is 4.98. The van der Waals surface area contributed by atoms with Gasteiger partial charge in [0.25, 0.3) is 5.91 Å². The van der Waals surface area contributed by atoms with Gasteiger partial charge in [-0.1, -0.05) is 53.6 Å². The second-order valence-corrected chi connectivity index (χ2v) is 7.27. The molecule has 29 heavy (non-hydrogen) atoms. The molecular weight excluding hydrogens is 390 g/mol. The van der Waals surface area contributed by atoms with Gasteiger partial charge < -0.3 is 14.8 Å². The second-order valence-electron chi connectivity index (χ2n) is 6.86. The fraction of sp³-hybridized carbons (Fsp3) is 0.217. The van der Waals surface area contributed by atoms with Crippen molar-refractivity contribution in [3.8, 4) is 5.75 Å². The minimum absolute atomic E-state index is 0.304. The molecule has 0 unspecified atom stereocenters. The lowest BCUT2D eigenvalue weighted by Gasteiger charge is -2.13. The van der Waals surface area contributed by atoms with E-state index in [1.54, 1.807) is 12.1 Å². The fourth-order valence-electron chi connectivity index (χ4n) is 3.24. The highest BCUT2D eigenvalue weighted by atomic mass is 35.5. The summed E-state index contributed by atoms with van der Waals surface area (Å²) in [5.41, 5.74) is 3.78. The quantitative estimate of drug-likeness (QED) is 0.581.